The second-order valence-electron chi connectivity index (χ2n) is 7.51. The summed E-state index contributed by atoms with van der Waals surface area (Å²) in [4.78, 5) is 17.8. The maximum Gasteiger partial charge on any atom is 0.267 e. The van der Waals surface area contributed by atoms with Crippen molar-refractivity contribution < 1.29 is 4.52 Å². The SMILES string of the molecule is Cc1ccc(C)c(-n2c(=O)c3ccccc3n3c(SC(C)c4nc(C)no4)nnc23)c1. The second kappa shape index (κ2) is 7.35. The minimum absolute atomic E-state index is 0.124. The molecule has 1 atom stereocenters. The maximum absolute atomic E-state index is 13.5. The van der Waals surface area contributed by atoms with Gasteiger partial charge in [-0.25, -0.2) is 4.57 Å². The van der Waals surface area contributed by atoms with Gasteiger partial charge in [-0.05, 0) is 57.0 Å². The minimum atomic E-state index is -0.131. The third kappa shape index (κ3) is 3.21. The Balaban J connectivity index is 1.78. The van der Waals surface area contributed by atoms with Crippen molar-refractivity contribution in [1.82, 2.24) is 29.3 Å². The minimum Gasteiger partial charge on any atom is -0.338 e. The first-order chi connectivity index (χ1) is 14.9. The van der Waals surface area contributed by atoms with Gasteiger partial charge in [-0.1, -0.05) is 41.2 Å². The number of benzene rings is 2. The van der Waals surface area contributed by atoms with Crippen LogP contribution in [-0.4, -0.2) is 29.3 Å². The standard InChI is InChI=1S/C22H20N6O2S/c1-12-9-10-13(2)18(11-12)27-20(29)16-7-5-6-8-17(16)28-21(27)24-25-22(28)31-14(3)19-23-15(4)26-30-19/h5-11,14H,1-4H3. The van der Waals surface area contributed by atoms with Crippen LogP contribution in [0, 0.1) is 20.8 Å². The number of nitrogens with zero attached hydrogens (tertiary/aromatic N) is 6. The van der Waals surface area contributed by atoms with E-state index in [4.69, 9.17) is 4.52 Å². The smallest absolute Gasteiger partial charge is 0.267 e. The van der Waals surface area contributed by atoms with Crippen LogP contribution in [-0.2, 0) is 0 Å². The Morgan fingerprint density at radius 3 is 2.65 bits per heavy atom. The molecule has 5 rings (SSSR count). The maximum atomic E-state index is 13.5. The molecule has 31 heavy (non-hydrogen) atoms. The van der Waals surface area contributed by atoms with E-state index in [-0.39, 0.29) is 10.8 Å². The molecule has 0 fully saturated rings. The lowest BCUT2D eigenvalue weighted by Gasteiger charge is -2.14. The first kappa shape index (κ1) is 19.5. The van der Waals surface area contributed by atoms with E-state index in [0.29, 0.717) is 28.0 Å². The molecular weight excluding hydrogens is 412 g/mol. The van der Waals surface area contributed by atoms with Gasteiger partial charge in [0.1, 0.15) is 0 Å². The van der Waals surface area contributed by atoms with Crippen molar-refractivity contribution in [3.8, 4) is 5.69 Å². The van der Waals surface area contributed by atoms with Crippen LogP contribution in [0.4, 0.5) is 0 Å². The van der Waals surface area contributed by atoms with E-state index < -0.39 is 0 Å². The Morgan fingerprint density at radius 1 is 1.06 bits per heavy atom. The molecule has 5 aromatic rings. The fourth-order valence-electron chi connectivity index (χ4n) is 3.62. The number of para-hydroxylation sites is 1. The average molecular weight is 433 g/mol. The van der Waals surface area contributed by atoms with Gasteiger partial charge in [0.05, 0.1) is 21.8 Å². The topological polar surface area (TPSA) is 91.1 Å². The summed E-state index contributed by atoms with van der Waals surface area (Å²) in [6, 6.07) is 13.5. The third-order valence-electron chi connectivity index (χ3n) is 5.17. The Bertz CT molecular complexity index is 1500. The lowest BCUT2D eigenvalue weighted by Crippen LogP contribution is -2.22. The van der Waals surface area contributed by atoms with E-state index in [9.17, 15) is 4.79 Å². The summed E-state index contributed by atoms with van der Waals surface area (Å²) in [6.07, 6.45) is 0. The van der Waals surface area contributed by atoms with Gasteiger partial charge in [0, 0.05) is 0 Å². The highest BCUT2D eigenvalue weighted by Gasteiger charge is 2.22. The normalized spacial score (nSPS) is 12.6. The fraction of sp³-hybridized carbons (Fsp3) is 0.227. The van der Waals surface area contributed by atoms with Crippen LogP contribution < -0.4 is 5.56 Å². The summed E-state index contributed by atoms with van der Waals surface area (Å²) >= 11 is 1.46. The van der Waals surface area contributed by atoms with Crippen molar-refractivity contribution >= 4 is 28.4 Å². The molecule has 9 heteroatoms. The first-order valence-corrected chi connectivity index (χ1v) is 10.8. The monoisotopic (exact) mass is 432 g/mol. The van der Waals surface area contributed by atoms with E-state index in [0.717, 1.165) is 22.3 Å². The van der Waals surface area contributed by atoms with Gasteiger partial charge in [0.15, 0.2) is 11.0 Å². The molecule has 3 heterocycles. The predicted octanol–water partition coefficient (Wildman–Crippen LogP) is 4.19. The van der Waals surface area contributed by atoms with Gasteiger partial charge in [0.25, 0.3) is 5.56 Å². The highest BCUT2D eigenvalue weighted by Crippen LogP contribution is 2.34. The molecule has 3 aromatic heterocycles. The Labute approximate surface area is 181 Å². The Kier molecular flexibility index (Phi) is 4.62. The molecule has 0 saturated heterocycles. The van der Waals surface area contributed by atoms with Crippen LogP contribution in [0.5, 0.6) is 0 Å². The van der Waals surface area contributed by atoms with Crippen LogP contribution in [0.1, 0.15) is 35.0 Å². The molecule has 0 bridgehead atoms. The van der Waals surface area contributed by atoms with Crippen LogP contribution in [0.25, 0.3) is 22.4 Å². The number of rotatable bonds is 4. The zero-order valence-corrected chi connectivity index (χ0v) is 18.3. The van der Waals surface area contributed by atoms with Gasteiger partial charge in [-0.15, -0.1) is 10.2 Å². The van der Waals surface area contributed by atoms with Gasteiger partial charge in [0.2, 0.25) is 11.7 Å². The number of fused-ring (bicyclic) bond motifs is 3. The van der Waals surface area contributed by atoms with Crippen LogP contribution in [0.15, 0.2) is 56.9 Å². The highest BCUT2D eigenvalue weighted by molar-refractivity contribution is 7.99. The molecular formula is C22H20N6O2S. The zero-order chi connectivity index (χ0) is 21.7. The summed E-state index contributed by atoms with van der Waals surface area (Å²) in [7, 11) is 0. The summed E-state index contributed by atoms with van der Waals surface area (Å²) in [5.74, 6) is 1.57. The largest absolute Gasteiger partial charge is 0.338 e. The molecule has 0 spiro atoms. The van der Waals surface area contributed by atoms with Gasteiger partial charge < -0.3 is 4.52 Å². The quantitative estimate of drug-likeness (QED) is 0.393. The van der Waals surface area contributed by atoms with Crippen molar-refractivity contribution in [3.05, 3.63) is 75.7 Å². The first-order valence-electron chi connectivity index (χ1n) is 9.87. The summed E-state index contributed by atoms with van der Waals surface area (Å²) in [6.45, 7) is 7.75. The van der Waals surface area contributed by atoms with Gasteiger partial charge >= 0.3 is 0 Å². The number of aromatic nitrogens is 6. The molecule has 0 amide bonds. The van der Waals surface area contributed by atoms with E-state index >= 15 is 0 Å². The van der Waals surface area contributed by atoms with Crippen molar-refractivity contribution in [2.45, 2.75) is 38.1 Å². The Hall–Kier alpha value is -3.46. The predicted molar refractivity (Wildman–Crippen MR) is 119 cm³/mol. The van der Waals surface area contributed by atoms with Crippen LogP contribution in [0.2, 0.25) is 0 Å². The average Bonchev–Trinajstić information content (AvgIpc) is 3.37. The number of hydrogen-bond donors (Lipinski definition) is 0. The summed E-state index contributed by atoms with van der Waals surface area (Å²) in [5, 5.41) is 13.8. The third-order valence-corrected chi connectivity index (χ3v) is 6.20. The number of hydrogen-bond acceptors (Lipinski definition) is 7. The molecule has 0 aliphatic carbocycles. The molecule has 156 valence electrons. The molecule has 1 unspecified atom stereocenters. The highest BCUT2D eigenvalue weighted by atomic mass is 32.2. The fourth-order valence-corrected chi connectivity index (χ4v) is 4.51. The van der Waals surface area contributed by atoms with Gasteiger partial charge in [-0.3, -0.25) is 9.20 Å². The van der Waals surface area contributed by atoms with E-state index in [1.165, 1.54) is 11.8 Å². The zero-order valence-electron chi connectivity index (χ0n) is 17.5. The van der Waals surface area contributed by atoms with Crippen LogP contribution in [0.3, 0.4) is 0 Å². The van der Waals surface area contributed by atoms with Crippen molar-refractivity contribution in [3.63, 3.8) is 0 Å². The van der Waals surface area contributed by atoms with Crippen molar-refractivity contribution in [2.75, 3.05) is 0 Å². The molecule has 0 saturated carbocycles. The lowest BCUT2D eigenvalue weighted by molar-refractivity contribution is 0.376. The van der Waals surface area contributed by atoms with E-state index in [2.05, 4.69) is 20.3 Å². The molecule has 0 radical (unpaired) electrons. The number of aryl methyl sites for hydroxylation is 3. The molecule has 2 aromatic carbocycles. The van der Waals surface area contributed by atoms with E-state index in [1.54, 1.807) is 11.5 Å². The second-order valence-corrected chi connectivity index (χ2v) is 8.81. The number of thioether (sulfide) groups is 1. The van der Waals surface area contributed by atoms with Crippen molar-refractivity contribution in [1.29, 1.82) is 0 Å². The van der Waals surface area contributed by atoms with E-state index in [1.807, 2.05) is 67.6 Å². The lowest BCUT2D eigenvalue weighted by atomic mass is 10.1. The molecule has 0 aliphatic heterocycles. The van der Waals surface area contributed by atoms with Crippen LogP contribution >= 0.6 is 11.8 Å². The molecule has 0 N–H and O–H groups in total. The molecule has 0 aliphatic rings. The molecule has 8 nitrogen and oxygen atoms in total. The van der Waals surface area contributed by atoms with Crippen molar-refractivity contribution in [2.24, 2.45) is 0 Å². The Morgan fingerprint density at radius 2 is 1.87 bits per heavy atom. The van der Waals surface area contributed by atoms with Gasteiger partial charge in [-0.2, -0.15) is 4.98 Å². The summed E-state index contributed by atoms with van der Waals surface area (Å²) < 4.78 is 8.88. The summed E-state index contributed by atoms with van der Waals surface area (Å²) in [5.41, 5.74) is 3.47.